The number of carbonyl (C=O) groups excluding carboxylic acids is 1. The molecule has 0 spiro atoms. The van der Waals surface area contributed by atoms with Crippen LogP contribution in [0.1, 0.15) is 12.6 Å². The van der Waals surface area contributed by atoms with E-state index in [1.807, 2.05) is 6.92 Å². The minimum atomic E-state index is -0.491. The molecule has 1 aromatic carbocycles. The number of carbonyl (C=O) groups is 1. The molecular formula is C15H15FN2O3. The van der Waals surface area contributed by atoms with Crippen molar-refractivity contribution in [1.82, 2.24) is 9.97 Å². The van der Waals surface area contributed by atoms with Gasteiger partial charge in [0.1, 0.15) is 5.82 Å². The summed E-state index contributed by atoms with van der Waals surface area (Å²) in [5, 5.41) is 0. The first-order chi connectivity index (χ1) is 10.1. The Bertz CT molecular complexity index is 629. The maximum absolute atomic E-state index is 13.0. The Morgan fingerprint density at radius 3 is 2.57 bits per heavy atom. The molecule has 0 unspecified atom stereocenters. The first-order valence-electron chi connectivity index (χ1n) is 6.46. The zero-order valence-corrected chi connectivity index (χ0v) is 11.8. The molecule has 1 aromatic heterocycles. The molecule has 0 atom stereocenters. The van der Waals surface area contributed by atoms with Gasteiger partial charge in [0.15, 0.2) is 12.4 Å². The number of rotatable bonds is 5. The van der Waals surface area contributed by atoms with Gasteiger partial charge in [-0.3, -0.25) is 0 Å². The number of esters is 1. The van der Waals surface area contributed by atoms with Crippen LogP contribution >= 0.6 is 0 Å². The molecule has 0 saturated carbocycles. The number of methoxy groups -OCH3 is 1. The largest absolute Gasteiger partial charge is 0.466 e. The summed E-state index contributed by atoms with van der Waals surface area (Å²) in [4.78, 5) is 19.7. The third kappa shape index (κ3) is 3.98. The van der Waals surface area contributed by atoms with E-state index in [1.54, 1.807) is 18.2 Å². The van der Waals surface area contributed by atoms with E-state index in [9.17, 15) is 9.18 Å². The predicted molar refractivity (Wildman–Crippen MR) is 74.3 cm³/mol. The van der Waals surface area contributed by atoms with Crippen LogP contribution in [0.4, 0.5) is 4.39 Å². The van der Waals surface area contributed by atoms with Gasteiger partial charge in [0.2, 0.25) is 5.88 Å². The second-order valence-corrected chi connectivity index (χ2v) is 4.25. The lowest BCUT2D eigenvalue weighted by Crippen LogP contribution is -2.13. The molecular weight excluding hydrogens is 275 g/mol. The zero-order chi connectivity index (χ0) is 15.2. The molecule has 0 radical (unpaired) electrons. The molecule has 21 heavy (non-hydrogen) atoms. The van der Waals surface area contributed by atoms with E-state index >= 15 is 0 Å². The average Bonchev–Trinajstić information content (AvgIpc) is 2.52. The number of nitrogens with zero attached hydrogens (tertiary/aromatic N) is 2. The summed E-state index contributed by atoms with van der Waals surface area (Å²) >= 11 is 0. The number of benzene rings is 1. The molecule has 6 heteroatoms. The van der Waals surface area contributed by atoms with Gasteiger partial charge in [-0.1, -0.05) is 6.92 Å². The van der Waals surface area contributed by atoms with Crippen LogP contribution < -0.4 is 4.74 Å². The highest BCUT2D eigenvalue weighted by atomic mass is 19.1. The Morgan fingerprint density at radius 1 is 1.24 bits per heavy atom. The van der Waals surface area contributed by atoms with Crippen LogP contribution in [0.3, 0.4) is 0 Å². The highest BCUT2D eigenvalue weighted by molar-refractivity contribution is 5.70. The van der Waals surface area contributed by atoms with Crippen LogP contribution in [0.15, 0.2) is 30.3 Å². The Kier molecular flexibility index (Phi) is 4.81. The van der Waals surface area contributed by atoms with E-state index < -0.39 is 5.97 Å². The molecule has 1 heterocycles. The van der Waals surface area contributed by atoms with Gasteiger partial charge < -0.3 is 9.47 Å². The van der Waals surface area contributed by atoms with E-state index in [2.05, 4.69) is 14.7 Å². The predicted octanol–water partition coefficient (Wildman–Crippen LogP) is 2.40. The minimum Gasteiger partial charge on any atom is -0.466 e. The first kappa shape index (κ1) is 14.9. The molecule has 2 rings (SSSR count). The summed E-state index contributed by atoms with van der Waals surface area (Å²) in [6, 6.07) is 7.52. The number of aryl methyl sites for hydroxylation is 1. The molecule has 0 amide bonds. The number of hydrogen-bond donors (Lipinski definition) is 0. The number of halogens is 1. The van der Waals surface area contributed by atoms with Crippen molar-refractivity contribution in [3.05, 3.63) is 41.8 Å². The summed E-state index contributed by atoms with van der Waals surface area (Å²) in [5.41, 5.74) is 1.44. The van der Waals surface area contributed by atoms with Crippen molar-refractivity contribution in [1.29, 1.82) is 0 Å². The molecule has 0 aliphatic heterocycles. The third-order valence-electron chi connectivity index (χ3n) is 2.79. The fourth-order valence-corrected chi connectivity index (χ4v) is 1.65. The molecule has 0 aliphatic carbocycles. The Morgan fingerprint density at radius 2 is 1.95 bits per heavy atom. The second-order valence-electron chi connectivity index (χ2n) is 4.25. The van der Waals surface area contributed by atoms with Crippen LogP contribution in [0.5, 0.6) is 5.88 Å². The van der Waals surface area contributed by atoms with E-state index in [-0.39, 0.29) is 18.3 Å². The maximum Gasteiger partial charge on any atom is 0.343 e. The fourth-order valence-electron chi connectivity index (χ4n) is 1.65. The zero-order valence-electron chi connectivity index (χ0n) is 11.8. The summed E-state index contributed by atoms with van der Waals surface area (Å²) < 4.78 is 22.8. The third-order valence-corrected chi connectivity index (χ3v) is 2.79. The van der Waals surface area contributed by atoms with Crippen molar-refractivity contribution in [3.63, 3.8) is 0 Å². The van der Waals surface area contributed by atoms with E-state index in [1.165, 1.54) is 19.2 Å². The molecule has 0 saturated heterocycles. The van der Waals surface area contributed by atoms with Crippen LogP contribution in [-0.2, 0) is 16.0 Å². The van der Waals surface area contributed by atoms with Gasteiger partial charge in [-0.15, -0.1) is 0 Å². The summed E-state index contributed by atoms with van der Waals surface area (Å²) in [5.74, 6) is -0.108. The van der Waals surface area contributed by atoms with Crippen molar-refractivity contribution in [2.24, 2.45) is 0 Å². The topological polar surface area (TPSA) is 61.3 Å². The average molecular weight is 290 g/mol. The highest BCUT2D eigenvalue weighted by Gasteiger charge is 2.09. The summed E-state index contributed by atoms with van der Waals surface area (Å²) in [7, 11) is 1.28. The van der Waals surface area contributed by atoms with Crippen molar-refractivity contribution in [2.45, 2.75) is 13.3 Å². The van der Waals surface area contributed by atoms with Gasteiger partial charge in [-0.2, -0.15) is 4.98 Å². The van der Waals surface area contributed by atoms with Gasteiger partial charge in [-0.05, 0) is 30.7 Å². The van der Waals surface area contributed by atoms with Crippen molar-refractivity contribution >= 4 is 5.97 Å². The van der Waals surface area contributed by atoms with Gasteiger partial charge in [0, 0.05) is 17.3 Å². The quantitative estimate of drug-likeness (QED) is 0.791. The van der Waals surface area contributed by atoms with Crippen molar-refractivity contribution < 1.29 is 18.7 Å². The normalized spacial score (nSPS) is 10.2. The summed E-state index contributed by atoms with van der Waals surface area (Å²) in [6.45, 7) is 1.72. The molecule has 5 nitrogen and oxygen atoms in total. The smallest absolute Gasteiger partial charge is 0.343 e. The van der Waals surface area contributed by atoms with Crippen LogP contribution in [0, 0.1) is 5.82 Å². The van der Waals surface area contributed by atoms with E-state index in [4.69, 9.17) is 4.74 Å². The van der Waals surface area contributed by atoms with Gasteiger partial charge in [0.05, 0.1) is 7.11 Å². The lowest BCUT2D eigenvalue weighted by molar-refractivity contribution is -0.143. The fraction of sp³-hybridized carbons (Fsp3) is 0.267. The number of ether oxygens (including phenoxy) is 2. The van der Waals surface area contributed by atoms with Crippen LogP contribution in [0.2, 0.25) is 0 Å². The second kappa shape index (κ2) is 6.78. The minimum absolute atomic E-state index is 0.223. The van der Waals surface area contributed by atoms with Crippen LogP contribution in [0.25, 0.3) is 11.4 Å². The number of aromatic nitrogens is 2. The molecule has 0 N–H and O–H groups in total. The number of hydrogen-bond acceptors (Lipinski definition) is 5. The first-order valence-corrected chi connectivity index (χ1v) is 6.46. The van der Waals surface area contributed by atoms with E-state index in [0.717, 1.165) is 5.69 Å². The molecule has 0 fully saturated rings. The lowest BCUT2D eigenvalue weighted by atomic mass is 10.2. The lowest BCUT2D eigenvalue weighted by Gasteiger charge is -2.08. The van der Waals surface area contributed by atoms with Crippen LogP contribution in [-0.4, -0.2) is 29.7 Å². The standard InChI is InChI=1S/C15H15FN2O3/c1-3-12-8-13(21-9-14(19)20-2)18-15(17-12)10-4-6-11(16)7-5-10/h4-8H,3,9H2,1-2H3. The molecule has 2 aromatic rings. The molecule has 0 aliphatic rings. The monoisotopic (exact) mass is 290 g/mol. The van der Waals surface area contributed by atoms with Gasteiger partial charge in [0.25, 0.3) is 0 Å². The Balaban J connectivity index is 2.28. The highest BCUT2D eigenvalue weighted by Crippen LogP contribution is 2.20. The molecule has 110 valence electrons. The SMILES string of the molecule is CCc1cc(OCC(=O)OC)nc(-c2ccc(F)cc2)n1. The van der Waals surface area contributed by atoms with E-state index in [0.29, 0.717) is 17.8 Å². The maximum atomic E-state index is 13.0. The van der Waals surface area contributed by atoms with Crippen molar-refractivity contribution in [3.8, 4) is 17.3 Å². The molecule has 0 bridgehead atoms. The Hall–Kier alpha value is -2.50. The summed E-state index contributed by atoms with van der Waals surface area (Å²) in [6.07, 6.45) is 0.686. The Labute approximate surface area is 121 Å². The van der Waals surface area contributed by atoms with Gasteiger partial charge in [-0.25, -0.2) is 14.2 Å². The van der Waals surface area contributed by atoms with Gasteiger partial charge >= 0.3 is 5.97 Å². The van der Waals surface area contributed by atoms with Crippen molar-refractivity contribution in [2.75, 3.05) is 13.7 Å².